The van der Waals surface area contributed by atoms with Gasteiger partial charge in [0.05, 0.1) is 75.8 Å². The van der Waals surface area contributed by atoms with Crippen LogP contribution in [0.4, 0.5) is 10.3 Å². The summed E-state index contributed by atoms with van der Waals surface area (Å²) in [5.41, 5.74) is 8.11. The number of halogens is 1. The fourth-order valence-electron chi connectivity index (χ4n) is 7.35. The maximum absolute atomic E-state index is 11.7. The quantitative estimate of drug-likeness (QED) is 0.0182. The highest BCUT2D eigenvalue weighted by Crippen LogP contribution is 2.18. The molecular weight excluding hydrogens is 1370 g/mol. The predicted octanol–water partition coefficient (Wildman–Crippen LogP) is 0.0795. The maximum Gasteiger partial charge on any atom is 0.329 e. The fourth-order valence-corrected chi connectivity index (χ4v) is 9.27. The van der Waals surface area contributed by atoms with Gasteiger partial charge in [-0.25, -0.2) is 18.5 Å². The second-order valence-electron chi connectivity index (χ2n) is 21.6. The number of nitrogens with two attached hydrogens (primary N) is 1. The number of oxime groups is 1. The lowest BCUT2D eigenvalue weighted by Gasteiger charge is -2.19. The zero-order chi connectivity index (χ0) is 75.7. The van der Waals surface area contributed by atoms with Crippen molar-refractivity contribution in [3.8, 4) is 6.01 Å². The van der Waals surface area contributed by atoms with Gasteiger partial charge < -0.3 is 57.6 Å². The molecule has 39 heteroatoms. The smallest absolute Gasteiger partial charge is 0.329 e. The molecule has 0 saturated heterocycles. The van der Waals surface area contributed by atoms with Crippen LogP contribution in [-0.4, -0.2) is 233 Å². The highest BCUT2D eigenvalue weighted by Gasteiger charge is 2.32. The standard InChI is InChI=1S/C12H18N4O3S.C11H18N4O3S.C10H15N3O3.C9H13ClN2O3.C9H16N2O2.C8H16N2O4S/c1-7(17)6-13-10(8(2)18)4-5-11(19)15-12-14-9(3)16-20-12;1-7(16)6-13-9(8(2)17)4-5-12-11-14-10(18-3)15-19-11;1-7(14)5-12-10(8(2)15)4-3-9(16)6-13-11;1-5(13)4-11-9(6(2)14)7-3-8(10)12-15-7;1-4-9(13)11-6-5-8(10-3)7(2)12;1-6(11)5-10-8(7(2)12)3-4-15(9,13)14/h10,13H,4-6H2,1-3H3,(H,14,15,16,19);9,13H,4-6H2,1-3H3,(H,12,14,15);6,10,12H,3-5H2,1-2H3;7,9,11H,3-4H2,1-2H3;4,8,10H,1,5-6H2,2-3H3,(H,11,13);8,10H,3-5H2,1-2H3,(H2,9,13,14). The molecule has 550 valence electrons. The Morgan fingerprint density at radius 1 is 0.643 bits per heavy atom. The molecule has 2 aromatic rings. The molecule has 2 amide bonds. The van der Waals surface area contributed by atoms with Crippen molar-refractivity contribution in [2.45, 2.75) is 177 Å². The molecule has 0 aromatic carbocycles. The topological polar surface area (TPSA) is 526 Å². The molecule has 0 spiro atoms. The van der Waals surface area contributed by atoms with Crippen molar-refractivity contribution in [1.29, 1.82) is 0 Å². The SMILES string of the molecule is C=CC(=O)NCCC(NC)C(C)=O.CC(=O)CNC(C(C)=O)C1CC(Cl)=NO1.CC(=O)CNC(CCC(=O)C=[N+]=[N-])C(C)=O.CC(=O)CNC(CCC(=O)Nc1nc(C)ns1)C(C)=O.CC(=O)CNC(CCS(N)(=O)=O)C(C)=O.COc1nsc(NCCC(NCC(C)=O)C(C)=O)n1. The largest absolute Gasteiger partial charge is 0.466 e. The first-order valence-corrected chi connectivity index (χ1v) is 33.9. The van der Waals surface area contributed by atoms with Gasteiger partial charge in [0.2, 0.25) is 37.9 Å². The van der Waals surface area contributed by atoms with E-state index in [1.807, 2.05) is 0 Å². The number of rotatable bonds is 43. The van der Waals surface area contributed by atoms with Crippen LogP contribution in [-0.2, 0) is 82.0 Å². The number of likely N-dealkylation sites (N-methyl/N-ethyl adjacent to an activating group) is 1. The molecule has 1 aliphatic heterocycles. The number of carbonyl (C=O) groups is 14. The molecule has 0 fully saturated rings. The van der Waals surface area contributed by atoms with Crippen LogP contribution in [0.15, 0.2) is 17.8 Å². The summed E-state index contributed by atoms with van der Waals surface area (Å²) in [4.78, 5) is 170. The summed E-state index contributed by atoms with van der Waals surface area (Å²) in [5, 5.41) is 35.0. The minimum Gasteiger partial charge on any atom is -0.466 e. The zero-order valence-electron chi connectivity index (χ0n) is 57.9. The normalized spacial score (nSPS) is 13.6. The number of primary sulfonamides is 1. The zero-order valence-corrected chi connectivity index (χ0v) is 61.1. The van der Waals surface area contributed by atoms with Crippen molar-refractivity contribution in [3.05, 3.63) is 24.0 Å². The van der Waals surface area contributed by atoms with Crippen LogP contribution in [0.1, 0.15) is 133 Å². The highest BCUT2D eigenvalue weighted by molar-refractivity contribution is 7.89. The fraction of sp³-hybridized carbons (Fsp3) is 0.627. The number of hydrogen-bond acceptors (Lipinski definition) is 32. The summed E-state index contributed by atoms with van der Waals surface area (Å²) >= 11 is 7.95. The molecule has 0 aliphatic carbocycles. The lowest BCUT2D eigenvalue weighted by molar-refractivity contribution is -0.124. The van der Waals surface area contributed by atoms with Gasteiger partial charge in [0.15, 0.2) is 11.9 Å². The van der Waals surface area contributed by atoms with Crippen LogP contribution < -0.4 is 57.7 Å². The number of anilines is 2. The van der Waals surface area contributed by atoms with Crippen molar-refractivity contribution in [2.24, 2.45) is 10.3 Å². The van der Waals surface area contributed by atoms with Crippen LogP contribution in [0.5, 0.6) is 6.01 Å². The molecule has 11 N–H and O–H groups in total. The van der Waals surface area contributed by atoms with Crippen molar-refractivity contribution < 1.29 is 89.9 Å². The Hall–Kier alpha value is -7.75. The van der Waals surface area contributed by atoms with Gasteiger partial charge in [0, 0.05) is 55.4 Å². The first-order chi connectivity index (χ1) is 45.7. The molecule has 0 bridgehead atoms. The van der Waals surface area contributed by atoms with E-state index in [2.05, 4.69) is 83.1 Å². The third-order valence-electron chi connectivity index (χ3n) is 12.5. The van der Waals surface area contributed by atoms with Gasteiger partial charge in [-0.1, -0.05) is 23.3 Å². The third kappa shape index (κ3) is 52.4. The van der Waals surface area contributed by atoms with Gasteiger partial charge in [0.1, 0.15) is 74.9 Å². The number of amides is 2. The van der Waals surface area contributed by atoms with Crippen LogP contribution in [0, 0.1) is 6.92 Å². The van der Waals surface area contributed by atoms with Gasteiger partial charge in [-0.15, -0.1) is 4.37 Å². The molecule has 1 aliphatic rings. The molecule has 98 heavy (non-hydrogen) atoms. The highest BCUT2D eigenvalue weighted by atomic mass is 35.5. The van der Waals surface area contributed by atoms with E-state index in [1.165, 1.54) is 101 Å². The molecular formula is C59H96ClN17O18S3. The van der Waals surface area contributed by atoms with Crippen LogP contribution >= 0.6 is 34.7 Å². The summed E-state index contributed by atoms with van der Waals surface area (Å²) in [7, 11) is -0.342. The monoisotopic (exact) mass is 1460 g/mol. The Kier molecular flexibility index (Phi) is 52.2. The summed E-state index contributed by atoms with van der Waals surface area (Å²) in [6.07, 6.45) is 4.15. The number of hydrogen-bond donors (Lipinski definition) is 10. The summed E-state index contributed by atoms with van der Waals surface area (Å²) in [6, 6.07) is -2.34. The number of methoxy groups -OCH3 is 1. The second kappa shape index (κ2) is 54.2. The average molecular weight is 1460 g/mol. The van der Waals surface area contributed by atoms with Gasteiger partial charge >= 0.3 is 12.2 Å². The lowest BCUT2D eigenvalue weighted by Crippen LogP contribution is -2.46. The Morgan fingerprint density at radius 2 is 1.08 bits per heavy atom. The number of nitrogens with one attached hydrogen (secondary N) is 9. The lowest BCUT2D eigenvalue weighted by atomic mass is 10.1. The van der Waals surface area contributed by atoms with E-state index in [1.54, 1.807) is 14.0 Å². The first kappa shape index (κ1) is 94.4. The van der Waals surface area contributed by atoms with Gasteiger partial charge in [0.25, 0.3) is 0 Å². The van der Waals surface area contributed by atoms with Crippen LogP contribution in [0.3, 0.4) is 0 Å². The van der Waals surface area contributed by atoms with E-state index in [0.717, 1.165) is 17.7 Å². The molecule has 2 aromatic heterocycles. The van der Waals surface area contributed by atoms with Crippen molar-refractivity contribution in [2.75, 3.05) is 76.4 Å². The number of aryl methyl sites for hydroxylation is 1. The molecule has 7 atom stereocenters. The Labute approximate surface area is 584 Å². The Bertz CT molecular complexity index is 3160. The molecule has 3 rings (SSSR count). The van der Waals surface area contributed by atoms with E-state index in [0.29, 0.717) is 66.0 Å². The first-order valence-electron chi connectivity index (χ1n) is 30.3. The van der Waals surface area contributed by atoms with Crippen LogP contribution in [0.25, 0.3) is 5.53 Å². The number of nitrogens with zero attached hydrogens (tertiary/aromatic N) is 7. The van der Waals surface area contributed by atoms with E-state index >= 15 is 0 Å². The molecule has 35 nitrogen and oxygen atoms in total. The average Bonchev–Trinajstić information content (AvgIpc) is 1.73. The van der Waals surface area contributed by atoms with Gasteiger partial charge in [-0.3, -0.25) is 72.4 Å². The Morgan fingerprint density at radius 3 is 1.45 bits per heavy atom. The number of Topliss-reactive ketones (excluding diaryl/α,β-unsaturated/α-hetero) is 12. The van der Waals surface area contributed by atoms with Crippen molar-refractivity contribution in [3.63, 3.8) is 0 Å². The molecule has 7 unspecified atom stereocenters. The maximum atomic E-state index is 11.7. The summed E-state index contributed by atoms with van der Waals surface area (Å²) in [6.45, 7) is 22.5. The number of ketones is 12. The van der Waals surface area contributed by atoms with E-state index in [9.17, 15) is 75.5 Å². The minimum absolute atomic E-state index is 0.00747. The number of aromatic nitrogens is 4. The number of sulfonamides is 1. The summed E-state index contributed by atoms with van der Waals surface area (Å²) in [5.74, 6) is -1.17. The predicted molar refractivity (Wildman–Crippen MR) is 368 cm³/mol. The molecule has 0 saturated carbocycles. The van der Waals surface area contributed by atoms with Crippen LogP contribution in [0.2, 0.25) is 0 Å². The second-order valence-corrected chi connectivity index (χ2v) is 25.3. The number of carbonyl (C=O) groups excluding carboxylic acids is 14. The van der Waals surface area contributed by atoms with Crippen molar-refractivity contribution in [1.82, 2.24) is 55.9 Å². The molecule has 3 heterocycles. The van der Waals surface area contributed by atoms with E-state index < -0.39 is 40.3 Å². The number of ether oxygens (including phenoxy) is 1. The summed E-state index contributed by atoms with van der Waals surface area (Å²) < 4.78 is 34.1. The minimum atomic E-state index is -3.57. The Balaban J connectivity index is -0.00000111. The third-order valence-corrected chi connectivity index (χ3v) is 14.9. The van der Waals surface area contributed by atoms with Gasteiger partial charge in [-0.2, -0.15) is 14.1 Å². The van der Waals surface area contributed by atoms with Crippen molar-refractivity contribution >= 4 is 148 Å². The molecule has 0 radical (unpaired) electrons. The van der Waals surface area contributed by atoms with Gasteiger partial charge in [-0.05, 0) is 128 Å². The van der Waals surface area contributed by atoms with E-state index in [-0.39, 0.29) is 157 Å². The van der Waals surface area contributed by atoms with E-state index in [4.69, 9.17) is 31.8 Å².